The first-order valence-corrected chi connectivity index (χ1v) is 6.36. The van der Waals surface area contributed by atoms with Gasteiger partial charge in [-0.25, -0.2) is 0 Å². The zero-order valence-corrected chi connectivity index (χ0v) is 10.5. The summed E-state index contributed by atoms with van der Waals surface area (Å²) in [6.45, 7) is 5.63. The smallest absolute Gasteiger partial charge is 0.100 e. The van der Waals surface area contributed by atoms with Crippen molar-refractivity contribution in [1.82, 2.24) is 5.32 Å². The number of hydrogen-bond donors (Lipinski definition) is 2. The zero-order chi connectivity index (χ0) is 12.0. The number of nitrogens with one attached hydrogen (secondary N) is 1. The van der Waals surface area contributed by atoms with E-state index in [1.165, 1.54) is 4.88 Å². The molecule has 0 aliphatic carbocycles. The van der Waals surface area contributed by atoms with E-state index in [0.717, 1.165) is 25.1 Å². The van der Waals surface area contributed by atoms with Crippen LogP contribution in [0, 0.1) is 17.2 Å². The summed E-state index contributed by atoms with van der Waals surface area (Å²) in [6, 6.07) is 4.04. The largest absolute Gasteiger partial charge is 0.393 e. The van der Waals surface area contributed by atoms with E-state index < -0.39 is 0 Å². The number of rotatable bonds is 6. The summed E-state index contributed by atoms with van der Waals surface area (Å²) in [5.74, 6) is 0.468. The SMILES string of the molecule is CC(O)CC(C)CNCc1cc(C#N)cs1. The highest BCUT2D eigenvalue weighted by atomic mass is 32.1. The molecule has 0 aromatic carbocycles. The van der Waals surface area contributed by atoms with Crippen LogP contribution in [-0.4, -0.2) is 17.8 Å². The van der Waals surface area contributed by atoms with E-state index in [0.29, 0.717) is 5.92 Å². The fourth-order valence-corrected chi connectivity index (χ4v) is 2.42. The molecule has 88 valence electrons. The Balaban J connectivity index is 2.23. The first-order chi connectivity index (χ1) is 7.61. The Morgan fingerprint density at radius 2 is 2.31 bits per heavy atom. The second-order valence-electron chi connectivity index (χ2n) is 4.23. The average molecular weight is 238 g/mol. The first kappa shape index (κ1) is 13.2. The van der Waals surface area contributed by atoms with Gasteiger partial charge in [0.1, 0.15) is 6.07 Å². The van der Waals surface area contributed by atoms with E-state index in [4.69, 9.17) is 5.26 Å². The molecular formula is C12H18N2OS. The van der Waals surface area contributed by atoms with Crippen LogP contribution < -0.4 is 5.32 Å². The second-order valence-corrected chi connectivity index (χ2v) is 5.23. The van der Waals surface area contributed by atoms with Gasteiger partial charge in [0.2, 0.25) is 0 Å². The number of aliphatic hydroxyl groups excluding tert-OH is 1. The van der Waals surface area contributed by atoms with Crippen LogP contribution in [0.3, 0.4) is 0 Å². The summed E-state index contributed by atoms with van der Waals surface area (Å²) < 4.78 is 0. The molecule has 0 aliphatic rings. The molecule has 2 N–H and O–H groups in total. The van der Waals surface area contributed by atoms with E-state index in [-0.39, 0.29) is 6.10 Å². The Hall–Kier alpha value is -0.890. The molecule has 1 aromatic heterocycles. The highest BCUT2D eigenvalue weighted by Crippen LogP contribution is 2.13. The van der Waals surface area contributed by atoms with Crippen LogP contribution in [0.4, 0.5) is 0 Å². The van der Waals surface area contributed by atoms with Crippen molar-refractivity contribution >= 4 is 11.3 Å². The number of nitrogens with zero attached hydrogens (tertiary/aromatic N) is 1. The van der Waals surface area contributed by atoms with Crippen molar-refractivity contribution in [3.63, 3.8) is 0 Å². The number of hydrogen-bond acceptors (Lipinski definition) is 4. The fourth-order valence-electron chi connectivity index (χ4n) is 1.64. The van der Waals surface area contributed by atoms with Crippen molar-refractivity contribution in [3.05, 3.63) is 21.9 Å². The summed E-state index contributed by atoms with van der Waals surface area (Å²) in [5.41, 5.74) is 0.735. The molecule has 4 heteroatoms. The molecule has 3 nitrogen and oxygen atoms in total. The molecule has 0 radical (unpaired) electrons. The summed E-state index contributed by atoms with van der Waals surface area (Å²) in [4.78, 5) is 1.18. The van der Waals surface area contributed by atoms with E-state index >= 15 is 0 Å². The van der Waals surface area contributed by atoms with E-state index in [1.807, 2.05) is 18.4 Å². The van der Waals surface area contributed by atoms with Crippen LogP contribution in [0.5, 0.6) is 0 Å². The van der Waals surface area contributed by atoms with Crippen molar-refractivity contribution in [2.75, 3.05) is 6.54 Å². The van der Waals surface area contributed by atoms with Gasteiger partial charge < -0.3 is 10.4 Å². The van der Waals surface area contributed by atoms with Crippen molar-refractivity contribution in [2.24, 2.45) is 5.92 Å². The van der Waals surface area contributed by atoms with Gasteiger partial charge in [0.15, 0.2) is 0 Å². The van der Waals surface area contributed by atoms with Gasteiger partial charge in [0, 0.05) is 16.8 Å². The summed E-state index contributed by atoms with van der Waals surface area (Å²) >= 11 is 1.61. The standard InChI is InChI=1S/C12H18N2OS/c1-9(3-10(2)15)6-14-7-12-4-11(5-13)8-16-12/h4,8-10,14-15H,3,6-7H2,1-2H3. The maximum atomic E-state index is 9.21. The normalized spacial score (nSPS) is 14.4. The molecule has 1 aromatic rings. The summed E-state index contributed by atoms with van der Waals surface area (Å²) in [6.07, 6.45) is 0.588. The quantitative estimate of drug-likeness (QED) is 0.798. The van der Waals surface area contributed by atoms with Crippen LogP contribution in [0.25, 0.3) is 0 Å². The lowest BCUT2D eigenvalue weighted by Crippen LogP contribution is -2.22. The predicted molar refractivity (Wildman–Crippen MR) is 66.2 cm³/mol. The maximum Gasteiger partial charge on any atom is 0.100 e. The van der Waals surface area contributed by atoms with Gasteiger partial charge in [-0.1, -0.05) is 6.92 Å². The van der Waals surface area contributed by atoms with Gasteiger partial charge in [-0.05, 0) is 31.9 Å². The highest BCUT2D eigenvalue weighted by Gasteiger charge is 2.06. The molecule has 2 atom stereocenters. The van der Waals surface area contributed by atoms with Crippen molar-refractivity contribution in [3.8, 4) is 6.07 Å². The number of thiophene rings is 1. The van der Waals surface area contributed by atoms with Crippen LogP contribution in [-0.2, 0) is 6.54 Å². The lowest BCUT2D eigenvalue weighted by Gasteiger charge is -2.13. The van der Waals surface area contributed by atoms with Crippen LogP contribution >= 0.6 is 11.3 Å². The molecule has 2 unspecified atom stereocenters. The molecule has 0 fully saturated rings. The van der Waals surface area contributed by atoms with Crippen LogP contribution in [0.15, 0.2) is 11.4 Å². The first-order valence-electron chi connectivity index (χ1n) is 5.48. The average Bonchev–Trinajstić information content (AvgIpc) is 2.64. The Labute approximate surface area is 101 Å². The fraction of sp³-hybridized carbons (Fsp3) is 0.583. The topological polar surface area (TPSA) is 56.0 Å². The Morgan fingerprint density at radius 1 is 1.56 bits per heavy atom. The molecular weight excluding hydrogens is 220 g/mol. The van der Waals surface area contributed by atoms with E-state index in [9.17, 15) is 5.11 Å². The minimum atomic E-state index is -0.233. The van der Waals surface area contributed by atoms with Gasteiger partial charge in [-0.3, -0.25) is 0 Å². The molecule has 0 amide bonds. The highest BCUT2D eigenvalue weighted by molar-refractivity contribution is 7.10. The maximum absolute atomic E-state index is 9.21. The molecule has 0 saturated carbocycles. The third-order valence-corrected chi connectivity index (χ3v) is 3.26. The lowest BCUT2D eigenvalue weighted by molar-refractivity contribution is 0.163. The molecule has 0 bridgehead atoms. The van der Waals surface area contributed by atoms with Crippen LogP contribution in [0.1, 0.15) is 30.7 Å². The van der Waals surface area contributed by atoms with Gasteiger partial charge in [-0.15, -0.1) is 11.3 Å². The summed E-state index contributed by atoms with van der Waals surface area (Å²) in [7, 11) is 0. The van der Waals surface area contributed by atoms with Crippen molar-refractivity contribution < 1.29 is 5.11 Å². The molecule has 1 rings (SSSR count). The monoisotopic (exact) mass is 238 g/mol. The molecule has 0 spiro atoms. The molecule has 0 saturated heterocycles. The van der Waals surface area contributed by atoms with Gasteiger partial charge in [0.25, 0.3) is 0 Å². The molecule has 16 heavy (non-hydrogen) atoms. The van der Waals surface area contributed by atoms with Gasteiger partial charge in [-0.2, -0.15) is 5.26 Å². The van der Waals surface area contributed by atoms with E-state index in [2.05, 4.69) is 18.3 Å². The molecule has 1 heterocycles. The van der Waals surface area contributed by atoms with Gasteiger partial charge in [0.05, 0.1) is 11.7 Å². The third-order valence-electron chi connectivity index (χ3n) is 2.32. The van der Waals surface area contributed by atoms with Crippen LogP contribution in [0.2, 0.25) is 0 Å². The zero-order valence-electron chi connectivity index (χ0n) is 9.73. The number of nitriles is 1. The summed E-state index contributed by atoms with van der Waals surface area (Å²) in [5, 5.41) is 23.1. The minimum absolute atomic E-state index is 0.233. The second kappa shape index (κ2) is 6.64. The predicted octanol–water partition coefficient (Wildman–Crippen LogP) is 2.12. The van der Waals surface area contributed by atoms with Gasteiger partial charge >= 0.3 is 0 Å². The third kappa shape index (κ3) is 4.75. The Bertz CT molecular complexity index is 354. The van der Waals surface area contributed by atoms with Crippen molar-refractivity contribution in [2.45, 2.75) is 32.9 Å². The Kier molecular flexibility index (Phi) is 5.47. The molecule has 0 aliphatic heterocycles. The Morgan fingerprint density at radius 3 is 2.88 bits per heavy atom. The lowest BCUT2D eigenvalue weighted by atomic mass is 10.1. The number of aliphatic hydroxyl groups is 1. The van der Waals surface area contributed by atoms with E-state index in [1.54, 1.807) is 11.3 Å². The minimum Gasteiger partial charge on any atom is -0.393 e. The van der Waals surface area contributed by atoms with Crippen molar-refractivity contribution in [1.29, 1.82) is 5.26 Å².